The number of phenolic OH excluding ortho intramolecular Hbond substituents is 1. The van der Waals surface area contributed by atoms with E-state index in [-0.39, 0.29) is 0 Å². The maximum atomic E-state index is 10.9. The van der Waals surface area contributed by atoms with E-state index in [1.807, 2.05) is 48.5 Å². The zero-order valence-corrected chi connectivity index (χ0v) is 14.7. The smallest absolute Gasteiger partial charge is 0.131 e. The van der Waals surface area contributed by atoms with E-state index < -0.39 is 0 Å². The molecular weight excluding hydrogens is 348 g/mol. The highest BCUT2D eigenvalue weighted by Gasteiger charge is 2.15. The summed E-state index contributed by atoms with van der Waals surface area (Å²) in [5, 5.41) is 15.8. The second kappa shape index (κ2) is 5.48. The predicted octanol–water partition coefficient (Wildman–Crippen LogP) is 7.23. The normalized spacial score (nSPS) is 11.6. The SMILES string of the molecule is Oc1c(-c2cccc3sc4ccc(Cl)cc4c23)ccc2ccccc12. The summed E-state index contributed by atoms with van der Waals surface area (Å²) in [6.45, 7) is 0. The summed E-state index contributed by atoms with van der Waals surface area (Å²) in [5.74, 6) is 0.326. The third-order valence-electron chi connectivity index (χ3n) is 4.65. The molecule has 0 saturated heterocycles. The van der Waals surface area contributed by atoms with Crippen molar-refractivity contribution >= 4 is 53.9 Å². The van der Waals surface area contributed by atoms with Crippen molar-refractivity contribution in [2.75, 3.05) is 0 Å². The molecule has 0 aliphatic rings. The van der Waals surface area contributed by atoms with Crippen LogP contribution in [-0.2, 0) is 0 Å². The number of benzene rings is 4. The van der Waals surface area contributed by atoms with Gasteiger partial charge < -0.3 is 5.11 Å². The van der Waals surface area contributed by atoms with Gasteiger partial charge in [-0.1, -0.05) is 54.1 Å². The van der Waals surface area contributed by atoms with Gasteiger partial charge in [-0.25, -0.2) is 0 Å². The summed E-state index contributed by atoms with van der Waals surface area (Å²) in [5.41, 5.74) is 1.89. The molecule has 0 aliphatic carbocycles. The number of rotatable bonds is 1. The number of phenols is 1. The van der Waals surface area contributed by atoms with E-state index in [0.717, 1.165) is 37.7 Å². The third kappa shape index (κ3) is 2.22. The molecule has 1 heterocycles. The fourth-order valence-corrected chi connectivity index (χ4v) is 4.78. The summed E-state index contributed by atoms with van der Waals surface area (Å²) in [7, 11) is 0. The van der Waals surface area contributed by atoms with Crippen LogP contribution in [0.2, 0.25) is 5.02 Å². The highest BCUT2D eigenvalue weighted by atomic mass is 35.5. The van der Waals surface area contributed by atoms with Crippen LogP contribution in [0.25, 0.3) is 42.1 Å². The number of hydrogen-bond acceptors (Lipinski definition) is 2. The van der Waals surface area contributed by atoms with Crippen LogP contribution < -0.4 is 0 Å². The molecule has 5 aromatic rings. The standard InChI is InChI=1S/C22H13ClOS/c23-14-9-11-19-18(12-14)21-16(6-3-7-20(21)25-19)17-10-8-13-4-1-2-5-15(13)22(17)24/h1-12,24H. The number of thiophene rings is 1. The number of fused-ring (bicyclic) bond motifs is 4. The van der Waals surface area contributed by atoms with Crippen LogP contribution >= 0.6 is 22.9 Å². The average Bonchev–Trinajstić information content (AvgIpc) is 3.00. The topological polar surface area (TPSA) is 20.2 Å². The van der Waals surface area contributed by atoms with Crippen molar-refractivity contribution in [1.82, 2.24) is 0 Å². The molecule has 120 valence electrons. The van der Waals surface area contributed by atoms with Gasteiger partial charge in [-0.3, -0.25) is 0 Å². The van der Waals surface area contributed by atoms with Gasteiger partial charge in [-0.15, -0.1) is 11.3 Å². The fourth-order valence-electron chi connectivity index (χ4n) is 3.50. The van der Waals surface area contributed by atoms with E-state index in [1.54, 1.807) is 11.3 Å². The molecule has 1 aromatic heterocycles. The first-order chi connectivity index (χ1) is 12.2. The Bertz CT molecular complexity index is 1270. The van der Waals surface area contributed by atoms with E-state index in [9.17, 15) is 5.11 Å². The zero-order chi connectivity index (χ0) is 17.0. The van der Waals surface area contributed by atoms with E-state index in [2.05, 4.69) is 24.3 Å². The average molecular weight is 361 g/mol. The highest BCUT2D eigenvalue weighted by Crippen LogP contribution is 2.44. The van der Waals surface area contributed by atoms with Gasteiger partial charge in [0.25, 0.3) is 0 Å². The predicted molar refractivity (Wildman–Crippen MR) is 109 cm³/mol. The first-order valence-corrected chi connectivity index (χ1v) is 9.24. The van der Waals surface area contributed by atoms with Gasteiger partial charge in [0.1, 0.15) is 5.75 Å². The van der Waals surface area contributed by atoms with Crippen LogP contribution in [0.1, 0.15) is 0 Å². The third-order valence-corrected chi connectivity index (χ3v) is 6.02. The molecule has 0 aliphatic heterocycles. The van der Waals surface area contributed by atoms with E-state index in [4.69, 9.17) is 11.6 Å². The van der Waals surface area contributed by atoms with Crippen LogP contribution in [-0.4, -0.2) is 5.11 Å². The molecule has 0 spiro atoms. The molecule has 3 heteroatoms. The summed E-state index contributed by atoms with van der Waals surface area (Å²) >= 11 is 7.99. The minimum absolute atomic E-state index is 0.326. The van der Waals surface area contributed by atoms with Crippen molar-refractivity contribution in [1.29, 1.82) is 0 Å². The van der Waals surface area contributed by atoms with E-state index in [1.165, 1.54) is 9.40 Å². The van der Waals surface area contributed by atoms with Gasteiger partial charge in [0, 0.05) is 36.1 Å². The maximum absolute atomic E-state index is 10.9. The molecule has 0 saturated carbocycles. The van der Waals surface area contributed by atoms with Crippen molar-refractivity contribution in [3.63, 3.8) is 0 Å². The van der Waals surface area contributed by atoms with Gasteiger partial charge in [0.15, 0.2) is 0 Å². The number of halogens is 1. The quantitative estimate of drug-likeness (QED) is 0.334. The minimum atomic E-state index is 0.326. The molecule has 1 nitrogen and oxygen atoms in total. The van der Waals surface area contributed by atoms with Crippen molar-refractivity contribution in [2.24, 2.45) is 0 Å². The first kappa shape index (κ1) is 14.8. The minimum Gasteiger partial charge on any atom is -0.507 e. The van der Waals surface area contributed by atoms with Crippen molar-refractivity contribution in [2.45, 2.75) is 0 Å². The summed E-state index contributed by atoms with van der Waals surface area (Å²) in [6, 6.07) is 24.2. The summed E-state index contributed by atoms with van der Waals surface area (Å²) in [6.07, 6.45) is 0. The Balaban J connectivity index is 1.91. The molecule has 1 N–H and O–H groups in total. The van der Waals surface area contributed by atoms with Gasteiger partial charge in [-0.05, 0) is 41.3 Å². The van der Waals surface area contributed by atoms with E-state index in [0.29, 0.717) is 5.75 Å². The Labute approximate surface area is 153 Å². The molecule has 25 heavy (non-hydrogen) atoms. The maximum Gasteiger partial charge on any atom is 0.131 e. The van der Waals surface area contributed by atoms with Crippen LogP contribution in [0.5, 0.6) is 5.75 Å². The first-order valence-electron chi connectivity index (χ1n) is 8.04. The van der Waals surface area contributed by atoms with Gasteiger partial charge in [0.05, 0.1) is 0 Å². The lowest BCUT2D eigenvalue weighted by Crippen LogP contribution is -1.83. The fraction of sp³-hybridized carbons (Fsp3) is 0. The molecule has 0 amide bonds. The van der Waals surface area contributed by atoms with Crippen LogP contribution in [0.4, 0.5) is 0 Å². The van der Waals surface area contributed by atoms with Crippen LogP contribution in [0, 0.1) is 0 Å². The molecule has 0 radical (unpaired) electrons. The molecule has 4 aromatic carbocycles. The molecule has 0 atom stereocenters. The summed E-state index contributed by atoms with van der Waals surface area (Å²) < 4.78 is 2.40. The molecule has 5 rings (SSSR count). The highest BCUT2D eigenvalue weighted by molar-refractivity contribution is 7.26. The Hall–Kier alpha value is -2.55. The Kier molecular flexibility index (Phi) is 3.24. The lowest BCUT2D eigenvalue weighted by molar-refractivity contribution is 0.483. The lowest BCUT2D eigenvalue weighted by Gasteiger charge is -2.10. The number of aromatic hydroxyl groups is 1. The van der Waals surface area contributed by atoms with Gasteiger partial charge in [0.2, 0.25) is 0 Å². The monoisotopic (exact) mass is 360 g/mol. The van der Waals surface area contributed by atoms with E-state index >= 15 is 0 Å². The van der Waals surface area contributed by atoms with Crippen molar-refractivity contribution < 1.29 is 5.11 Å². The number of hydrogen-bond donors (Lipinski definition) is 1. The Morgan fingerprint density at radius 2 is 1.60 bits per heavy atom. The van der Waals surface area contributed by atoms with Crippen molar-refractivity contribution in [3.05, 3.63) is 77.8 Å². The Morgan fingerprint density at radius 1 is 0.720 bits per heavy atom. The molecule has 0 fully saturated rings. The van der Waals surface area contributed by atoms with Crippen LogP contribution in [0.3, 0.4) is 0 Å². The largest absolute Gasteiger partial charge is 0.507 e. The molecule has 0 unspecified atom stereocenters. The zero-order valence-electron chi connectivity index (χ0n) is 13.2. The van der Waals surface area contributed by atoms with Crippen LogP contribution in [0.15, 0.2) is 72.8 Å². The second-order valence-electron chi connectivity index (χ2n) is 6.10. The van der Waals surface area contributed by atoms with Gasteiger partial charge >= 0.3 is 0 Å². The Morgan fingerprint density at radius 3 is 2.52 bits per heavy atom. The van der Waals surface area contributed by atoms with Gasteiger partial charge in [-0.2, -0.15) is 0 Å². The second-order valence-corrected chi connectivity index (χ2v) is 7.62. The van der Waals surface area contributed by atoms with Crippen molar-refractivity contribution in [3.8, 4) is 16.9 Å². The lowest BCUT2D eigenvalue weighted by atomic mass is 9.96. The summed E-state index contributed by atoms with van der Waals surface area (Å²) in [4.78, 5) is 0. The molecule has 0 bridgehead atoms. The molecular formula is C22H13ClOS.